The van der Waals surface area contributed by atoms with E-state index in [1.807, 2.05) is 6.92 Å². The van der Waals surface area contributed by atoms with Gasteiger partial charge in [0.25, 0.3) is 0 Å². The van der Waals surface area contributed by atoms with E-state index < -0.39 is 0 Å². The molecule has 2 rings (SSSR count). The van der Waals surface area contributed by atoms with Crippen molar-refractivity contribution in [2.24, 2.45) is 4.99 Å². The lowest BCUT2D eigenvalue weighted by Gasteiger charge is -2.37. The number of hydrogen-bond acceptors (Lipinski definition) is 3. The second-order valence-corrected chi connectivity index (χ2v) is 6.69. The quantitative estimate of drug-likeness (QED) is 0.298. The van der Waals surface area contributed by atoms with Crippen LogP contribution in [0.15, 0.2) is 41.4 Å². The smallest absolute Gasteiger partial charge is 0.243 e. The van der Waals surface area contributed by atoms with Crippen molar-refractivity contribution in [3.63, 3.8) is 0 Å². The zero-order valence-corrected chi connectivity index (χ0v) is 18.6. The minimum atomic E-state index is -0.226. The van der Waals surface area contributed by atoms with Crippen molar-refractivity contribution < 1.29 is 9.18 Å². The van der Waals surface area contributed by atoms with Crippen molar-refractivity contribution in [2.75, 3.05) is 58.3 Å². The lowest BCUT2D eigenvalue weighted by atomic mass is 10.2. The summed E-state index contributed by atoms with van der Waals surface area (Å²) >= 11 is 0. The molecule has 150 valence electrons. The second-order valence-electron chi connectivity index (χ2n) is 6.69. The van der Waals surface area contributed by atoms with Crippen LogP contribution in [0.5, 0.6) is 0 Å². The third-order valence-electron chi connectivity index (χ3n) is 4.18. The van der Waals surface area contributed by atoms with Gasteiger partial charge in [-0.2, -0.15) is 0 Å². The molecule has 1 heterocycles. The van der Waals surface area contributed by atoms with E-state index in [2.05, 4.69) is 26.7 Å². The summed E-state index contributed by atoms with van der Waals surface area (Å²) in [6.07, 6.45) is 0. The molecule has 1 amide bonds. The number of nitrogens with one attached hydrogen (secondary N) is 1. The van der Waals surface area contributed by atoms with Gasteiger partial charge in [0.15, 0.2) is 5.96 Å². The number of rotatable bonds is 5. The van der Waals surface area contributed by atoms with Crippen LogP contribution >= 0.6 is 24.0 Å². The van der Waals surface area contributed by atoms with E-state index in [1.165, 1.54) is 17.0 Å². The highest BCUT2D eigenvalue weighted by molar-refractivity contribution is 14.0. The van der Waals surface area contributed by atoms with Crippen LogP contribution in [-0.2, 0) is 4.79 Å². The number of guanidine groups is 1. The minimum Gasteiger partial charge on any atom is -0.368 e. The Kier molecular flexibility index (Phi) is 9.54. The van der Waals surface area contributed by atoms with Gasteiger partial charge < -0.3 is 20.0 Å². The van der Waals surface area contributed by atoms with Crippen LogP contribution in [0.3, 0.4) is 0 Å². The number of likely N-dealkylation sites (N-methyl/N-ethyl adjacent to an activating group) is 1. The predicted octanol–water partition coefficient (Wildman–Crippen LogP) is 2.18. The Morgan fingerprint density at radius 2 is 1.81 bits per heavy atom. The SMILES string of the molecule is C=C(C)CNC(=NCC(=O)N(C)C)N1CCN(c2ccc(F)cc2)CC1.I. The van der Waals surface area contributed by atoms with Gasteiger partial charge in [-0.25, -0.2) is 9.38 Å². The average molecular weight is 489 g/mol. The molecular weight excluding hydrogens is 460 g/mol. The van der Waals surface area contributed by atoms with E-state index in [-0.39, 0.29) is 42.2 Å². The summed E-state index contributed by atoms with van der Waals surface area (Å²) in [5, 5.41) is 3.28. The second kappa shape index (κ2) is 11.1. The monoisotopic (exact) mass is 489 g/mol. The van der Waals surface area contributed by atoms with Crippen LogP contribution < -0.4 is 10.2 Å². The van der Waals surface area contributed by atoms with Gasteiger partial charge in [0, 0.05) is 52.5 Å². The fourth-order valence-corrected chi connectivity index (χ4v) is 2.61. The molecule has 8 heteroatoms. The molecule has 0 aromatic heterocycles. The number of piperazine rings is 1. The lowest BCUT2D eigenvalue weighted by Crippen LogP contribution is -2.53. The molecule has 1 N–H and O–H groups in total. The van der Waals surface area contributed by atoms with Crippen molar-refractivity contribution >= 4 is 41.5 Å². The van der Waals surface area contributed by atoms with Gasteiger partial charge in [-0.15, -0.1) is 24.0 Å². The third-order valence-corrected chi connectivity index (χ3v) is 4.18. The molecule has 1 aromatic rings. The number of nitrogens with zero attached hydrogens (tertiary/aromatic N) is 4. The Hall–Kier alpha value is -1.84. The fourth-order valence-electron chi connectivity index (χ4n) is 2.61. The molecule has 1 aliphatic rings. The third kappa shape index (κ3) is 7.36. The molecule has 1 aromatic carbocycles. The van der Waals surface area contributed by atoms with E-state index in [9.17, 15) is 9.18 Å². The van der Waals surface area contributed by atoms with Gasteiger partial charge >= 0.3 is 0 Å². The number of aliphatic imine (C=N–C) groups is 1. The summed E-state index contributed by atoms with van der Waals surface area (Å²) in [7, 11) is 3.45. The largest absolute Gasteiger partial charge is 0.368 e. The molecule has 6 nitrogen and oxygen atoms in total. The van der Waals surface area contributed by atoms with Gasteiger partial charge in [0.1, 0.15) is 12.4 Å². The first-order valence-corrected chi connectivity index (χ1v) is 8.75. The highest BCUT2D eigenvalue weighted by Crippen LogP contribution is 2.17. The Morgan fingerprint density at radius 3 is 2.33 bits per heavy atom. The van der Waals surface area contributed by atoms with Crippen molar-refractivity contribution in [3.05, 3.63) is 42.2 Å². The number of hydrogen-bond donors (Lipinski definition) is 1. The van der Waals surface area contributed by atoms with Crippen molar-refractivity contribution in [3.8, 4) is 0 Å². The standard InChI is InChI=1S/C19H28FN5O.HI/c1-15(2)13-21-19(22-14-18(26)23(3)4)25-11-9-24(10-12-25)17-7-5-16(20)6-8-17;/h5-8H,1,9-14H2,2-4H3,(H,21,22);1H. The van der Waals surface area contributed by atoms with Crippen LogP contribution in [0.2, 0.25) is 0 Å². The number of amides is 1. The summed E-state index contributed by atoms with van der Waals surface area (Å²) in [5.74, 6) is 0.461. The number of carbonyl (C=O) groups is 1. The van der Waals surface area contributed by atoms with Crippen LogP contribution in [-0.4, -0.2) is 75.0 Å². The first-order valence-electron chi connectivity index (χ1n) is 8.75. The topological polar surface area (TPSA) is 51.2 Å². The first kappa shape index (κ1) is 23.2. The molecule has 27 heavy (non-hydrogen) atoms. The van der Waals surface area contributed by atoms with E-state index in [0.717, 1.165) is 43.4 Å². The number of benzene rings is 1. The predicted molar refractivity (Wildman–Crippen MR) is 119 cm³/mol. The molecule has 0 unspecified atom stereocenters. The number of carbonyl (C=O) groups excluding carboxylic acids is 1. The Bertz CT molecular complexity index is 655. The molecular formula is C19H29FIN5O. The summed E-state index contributed by atoms with van der Waals surface area (Å²) < 4.78 is 13.1. The molecule has 1 fully saturated rings. The summed E-state index contributed by atoms with van der Waals surface area (Å²) in [6.45, 7) is 9.74. The van der Waals surface area contributed by atoms with Gasteiger partial charge in [0.2, 0.25) is 5.91 Å². The van der Waals surface area contributed by atoms with Crippen LogP contribution in [0, 0.1) is 5.82 Å². The van der Waals surface area contributed by atoms with Gasteiger partial charge in [0.05, 0.1) is 0 Å². The first-order chi connectivity index (χ1) is 12.4. The molecule has 0 aliphatic carbocycles. The summed E-state index contributed by atoms with van der Waals surface area (Å²) in [4.78, 5) is 22.2. The highest BCUT2D eigenvalue weighted by Gasteiger charge is 2.20. The molecule has 0 radical (unpaired) electrons. The van der Waals surface area contributed by atoms with Crippen molar-refractivity contribution in [2.45, 2.75) is 6.92 Å². The van der Waals surface area contributed by atoms with Gasteiger partial charge in [-0.05, 0) is 31.2 Å². The van der Waals surface area contributed by atoms with Gasteiger partial charge in [-0.3, -0.25) is 4.79 Å². The van der Waals surface area contributed by atoms with Crippen molar-refractivity contribution in [1.29, 1.82) is 0 Å². The zero-order valence-electron chi connectivity index (χ0n) is 16.2. The number of halogens is 2. The Labute approximate surface area is 178 Å². The maximum absolute atomic E-state index is 13.1. The highest BCUT2D eigenvalue weighted by atomic mass is 127. The Balaban J connectivity index is 0.00000364. The molecule has 1 aliphatic heterocycles. The molecule has 0 bridgehead atoms. The summed E-state index contributed by atoms with van der Waals surface area (Å²) in [6, 6.07) is 6.57. The Morgan fingerprint density at radius 1 is 1.22 bits per heavy atom. The lowest BCUT2D eigenvalue weighted by molar-refractivity contribution is -0.127. The normalized spacial score (nSPS) is 14.4. The van der Waals surface area contributed by atoms with Crippen LogP contribution in [0.25, 0.3) is 0 Å². The maximum atomic E-state index is 13.1. The fraction of sp³-hybridized carbons (Fsp3) is 0.474. The van der Waals surface area contributed by atoms with E-state index in [0.29, 0.717) is 6.54 Å². The molecule has 0 spiro atoms. The van der Waals surface area contributed by atoms with Gasteiger partial charge in [-0.1, -0.05) is 12.2 Å². The van der Waals surface area contributed by atoms with E-state index >= 15 is 0 Å². The number of anilines is 1. The molecule has 0 atom stereocenters. The minimum absolute atomic E-state index is 0. The van der Waals surface area contributed by atoms with Crippen molar-refractivity contribution in [1.82, 2.24) is 15.1 Å². The average Bonchev–Trinajstić information content (AvgIpc) is 2.62. The summed E-state index contributed by atoms with van der Waals surface area (Å²) in [5.41, 5.74) is 2.02. The zero-order chi connectivity index (χ0) is 19.1. The van der Waals surface area contributed by atoms with Crippen LogP contribution in [0.1, 0.15) is 6.92 Å². The van der Waals surface area contributed by atoms with Crippen LogP contribution in [0.4, 0.5) is 10.1 Å². The molecule has 1 saturated heterocycles. The van der Waals surface area contributed by atoms with E-state index in [1.54, 1.807) is 26.2 Å². The van der Waals surface area contributed by atoms with E-state index in [4.69, 9.17) is 0 Å². The maximum Gasteiger partial charge on any atom is 0.243 e. The molecule has 0 saturated carbocycles.